The van der Waals surface area contributed by atoms with Gasteiger partial charge >= 0.3 is 0 Å². The Morgan fingerprint density at radius 3 is 1.93 bits per heavy atom. The summed E-state index contributed by atoms with van der Waals surface area (Å²) in [5.41, 5.74) is 1.38. The molecule has 0 fully saturated rings. The van der Waals surface area contributed by atoms with Crippen LogP contribution in [0.1, 0.15) is 17.3 Å². The molecule has 76 valence electrons. The lowest BCUT2D eigenvalue weighted by molar-refractivity contribution is 0.402. The SMILES string of the molecule is FC(c1ccccc1)c1ccc(Br)cc1. The van der Waals surface area contributed by atoms with Gasteiger partial charge in [-0.3, -0.25) is 0 Å². The summed E-state index contributed by atoms with van der Waals surface area (Å²) in [5.74, 6) is 0. The Hall–Kier alpha value is -1.15. The zero-order chi connectivity index (χ0) is 10.7. The van der Waals surface area contributed by atoms with E-state index in [2.05, 4.69) is 15.9 Å². The first-order chi connectivity index (χ1) is 7.27. The molecule has 1 unspecified atom stereocenters. The van der Waals surface area contributed by atoms with Gasteiger partial charge in [0.15, 0.2) is 6.17 Å². The predicted octanol–water partition coefficient (Wildman–Crippen LogP) is 4.51. The molecule has 0 nitrogen and oxygen atoms in total. The van der Waals surface area contributed by atoms with Crippen LogP contribution in [0.15, 0.2) is 59.1 Å². The quantitative estimate of drug-likeness (QED) is 0.749. The van der Waals surface area contributed by atoms with E-state index in [0.29, 0.717) is 11.1 Å². The normalized spacial score (nSPS) is 12.4. The molecule has 0 saturated heterocycles. The number of benzene rings is 2. The lowest BCUT2D eigenvalue weighted by Gasteiger charge is -2.08. The van der Waals surface area contributed by atoms with E-state index < -0.39 is 6.17 Å². The van der Waals surface area contributed by atoms with Crippen LogP contribution in [0.25, 0.3) is 0 Å². The van der Waals surface area contributed by atoms with Crippen LogP contribution in [0.4, 0.5) is 4.39 Å². The molecule has 2 rings (SSSR count). The van der Waals surface area contributed by atoms with Crippen molar-refractivity contribution in [3.05, 3.63) is 70.2 Å². The second-order valence-electron chi connectivity index (χ2n) is 3.32. The van der Waals surface area contributed by atoms with Crippen molar-refractivity contribution in [1.29, 1.82) is 0 Å². The van der Waals surface area contributed by atoms with E-state index in [4.69, 9.17) is 0 Å². The van der Waals surface area contributed by atoms with Gasteiger partial charge in [-0.05, 0) is 23.3 Å². The Morgan fingerprint density at radius 1 is 0.800 bits per heavy atom. The van der Waals surface area contributed by atoms with E-state index in [1.54, 1.807) is 24.3 Å². The molecule has 0 aliphatic carbocycles. The van der Waals surface area contributed by atoms with Crippen LogP contribution in [0, 0.1) is 0 Å². The first-order valence-corrected chi connectivity index (χ1v) is 5.51. The second kappa shape index (κ2) is 4.58. The molecule has 0 aliphatic heterocycles. The zero-order valence-electron chi connectivity index (χ0n) is 8.03. The highest BCUT2D eigenvalue weighted by Crippen LogP contribution is 2.26. The van der Waals surface area contributed by atoms with Gasteiger partial charge in [0.2, 0.25) is 0 Å². The number of hydrogen-bond acceptors (Lipinski definition) is 0. The van der Waals surface area contributed by atoms with Crippen LogP contribution in [-0.2, 0) is 0 Å². The largest absolute Gasteiger partial charge is 0.237 e. The molecule has 2 heteroatoms. The van der Waals surface area contributed by atoms with Gasteiger partial charge in [0.05, 0.1) is 0 Å². The minimum absolute atomic E-state index is 0.685. The number of rotatable bonds is 2. The molecule has 0 saturated carbocycles. The molecule has 0 radical (unpaired) electrons. The predicted molar refractivity (Wildman–Crippen MR) is 63.5 cm³/mol. The van der Waals surface area contributed by atoms with E-state index in [1.807, 2.05) is 30.3 Å². The van der Waals surface area contributed by atoms with Crippen molar-refractivity contribution in [3.63, 3.8) is 0 Å². The maximum Gasteiger partial charge on any atom is 0.150 e. The summed E-state index contributed by atoms with van der Waals surface area (Å²) in [6.07, 6.45) is -1.04. The fourth-order valence-electron chi connectivity index (χ4n) is 1.45. The van der Waals surface area contributed by atoms with Gasteiger partial charge < -0.3 is 0 Å². The fraction of sp³-hybridized carbons (Fsp3) is 0.0769. The van der Waals surface area contributed by atoms with Crippen molar-refractivity contribution >= 4 is 15.9 Å². The van der Waals surface area contributed by atoms with Gasteiger partial charge in [0.1, 0.15) is 0 Å². The lowest BCUT2D eigenvalue weighted by Crippen LogP contribution is -1.93. The Labute approximate surface area is 96.9 Å². The Kier molecular flexibility index (Phi) is 3.17. The average Bonchev–Trinajstić information content (AvgIpc) is 2.30. The molecule has 15 heavy (non-hydrogen) atoms. The summed E-state index contributed by atoms with van der Waals surface area (Å²) in [6, 6.07) is 16.5. The van der Waals surface area contributed by atoms with Gasteiger partial charge in [-0.25, -0.2) is 4.39 Å². The van der Waals surface area contributed by atoms with Crippen molar-refractivity contribution in [2.24, 2.45) is 0 Å². The molecular weight excluding hydrogens is 255 g/mol. The monoisotopic (exact) mass is 264 g/mol. The molecule has 0 bridgehead atoms. The molecule has 2 aromatic carbocycles. The third-order valence-electron chi connectivity index (χ3n) is 2.25. The van der Waals surface area contributed by atoms with Gasteiger partial charge in [-0.2, -0.15) is 0 Å². The van der Waals surface area contributed by atoms with Gasteiger partial charge in [0, 0.05) is 4.47 Å². The highest BCUT2D eigenvalue weighted by Gasteiger charge is 2.11. The molecule has 0 aliphatic rings. The Bertz CT molecular complexity index is 422. The molecule has 0 heterocycles. The number of halogens is 2. The van der Waals surface area contributed by atoms with Crippen LogP contribution >= 0.6 is 15.9 Å². The smallest absolute Gasteiger partial charge is 0.150 e. The maximum absolute atomic E-state index is 14.0. The van der Waals surface area contributed by atoms with Crippen LogP contribution in [0.3, 0.4) is 0 Å². The van der Waals surface area contributed by atoms with E-state index in [1.165, 1.54) is 0 Å². The van der Waals surface area contributed by atoms with Crippen molar-refractivity contribution in [2.45, 2.75) is 6.17 Å². The molecule has 2 aromatic rings. The molecule has 0 aromatic heterocycles. The Balaban J connectivity index is 2.29. The standard InChI is InChI=1S/C13H10BrF/c14-12-8-6-11(7-9-12)13(15)10-4-2-1-3-5-10/h1-9,13H. The van der Waals surface area contributed by atoms with E-state index in [-0.39, 0.29) is 0 Å². The van der Waals surface area contributed by atoms with Gasteiger partial charge in [-0.15, -0.1) is 0 Å². The average molecular weight is 265 g/mol. The van der Waals surface area contributed by atoms with Gasteiger partial charge in [0.25, 0.3) is 0 Å². The van der Waals surface area contributed by atoms with E-state index in [9.17, 15) is 4.39 Å². The van der Waals surface area contributed by atoms with Crippen molar-refractivity contribution < 1.29 is 4.39 Å². The van der Waals surface area contributed by atoms with Crippen molar-refractivity contribution in [2.75, 3.05) is 0 Å². The third-order valence-corrected chi connectivity index (χ3v) is 2.78. The van der Waals surface area contributed by atoms with Crippen LogP contribution in [0.5, 0.6) is 0 Å². The topological polar surface area (TPSA) is 0 Å². The summed E-state index contributed by atoms with van der Waals surface area (Å²) in [5, 5.41) is 0. The fourth-order valence-corrected chi connectivity index (χ4v) is 1.71. The highest BCUT2D eigenvalue weighted by atomic mass is 79.9. The second-order valence-corrected chi connectivity index (χ2v) is 4.24. The van der Waals surface area contributed by atoms with Crippen LogP contribution < -0.4 is 0 Å². The number of alkyl halides is 1. The minimum atomic E-state index is -1.04. The maximum atomic E-state index is 14.0. The lowest BCUT2D eigenvalue weighted by atomic mass is 10.0. The van der Waals surface area contributed by atoms with Crippen molar-refractivity contribution in [3.8, 4) is 0 Å². The van der Waals surface area contributed by atoms with Gasteiger partial charge in [-0.1, -0.05) is 58.4 Å². The summed E-state index contributed by atoms with van der Waals surface area (Å²) in [7, 11) is 0. The van der Waals surface area contributed by atoms with Crippen molar-refractivity contribution in [1.82, 2.24) is 0 Å². The summed E-state index contributed by atoms with van der Waals surface area (Å²) >= 11 is 3.33. The molecule has 1 atom stereocenters. The van der Waals surface area contributed by atoms with Crippen LogP contribution in [-0.4, -0.2) is 0 Å². The summed E-state index contributed by atoms with van der Waals surface area (Å²) in [6.45, 7) is 0. The highest BCUT2D eigenvalue weighted by molar-refractivity contribution is 9.10. The number of hydrogen-bond donors (Lipinski definition) is 0. The van der Waals surface area contributed by atoms with Crippen LogP contribution in [0.2, 0.25) is 0 Å². The third kappa shape index (κ3) is 2.45. The minimum Gasteiger partial charge on any atom is -0.237 e. The van der Waals surface area contributed by atoms with E-state index in [0.717, 1.165) is 4.47 Å². The van der Waals surface area contributed by atoms with E-state index >= 15 is 0 Å². The molecular formula is C13H10BrF. The molecule has 0 N–H and O–H groups in total. The zero-order valence-corrected chi connectivity index (χ0v) is 9.62. The first-order valence-electron chi connectivity index (χ1n) is 4.72. The molecule has 0 amide bonds. The Morgan fingerprint density at radius 2 is 1.33 bits per heavy atom. The summed E-state index contributed by atoms with van der Waals surface area (Å²) in [4.78, 5) is 0. The summed E-state index contributed by atoms with van der Waals surface area (Å²) < 4.78 is 14.9. The first kappa shape index (κ1) is 10.4. The molecule has 0 spiro atoms.